The molecule has 2 heterocycles. The number of fused-ring (bicyclic) bond motifs is 6. The Morgan fingerprint density at radius 1 is 0.517 bits per heavy atom. The van der Waals surface area contributed by atoms with Crippen LogP contribution >= 0.6 is 0 Å². The minimum atomic E-state index is 0.874. The Kier molecular flexibility index (Phi) is 3.54. The lowest BCUT2D eigenvalue weighted by molar-refractivity contribution is 0.656. The number of benzene rings is 4. The van der Waals surface area contributed by atoms with Crippen molar-refractivity contribution in [1.82, 2.24) is 0 Å². The van der Waals surface area contributed by atoms with Crippen molar-refractivity contribution in [3.05, 3.63) is 95.6 Å². The van der Waals surface area contributed by atoms with Crippen LogP contribution in [0.25, 0.3) is 43.9 Å². The highest BCUT2D eigenvalue weighted by Gasteiger charge is 2.14. The lowest BCUT2D eigenvalue weighted by Gasteiger charge is -2.02. The van der Waals surface area contributed by atoms with E-state index in [2.05, 4.69) is 79.7 Å². The second-order valence-corrected chi connectivity index (χ2v) is 7.73. The maximum Gasteiger partial charge on any atom is 0.139 e. The average molecular weight is 376 g/mol. The fraction of sp³-hybridized carbons (Fsp3) is 0.111. The molecule has 0 unspecified atom stereocenters. The van der Waals surface area contributed by atoms with Gasteiger partial charge in [0.05, 0.1) is 0 Å². The zero-order valence-corrected chi connectivity index (χ0v) is 16.2. The van der Waals surface area contributed by atoms with E-state index in [1.165, 1.54) is 22.1 Å². The van der Waals surface area contributed by atoms with Crippen LogP contribution in [0.4, 0.5) is 0 Å². The van der Waals surface area contributed by atoms with Gasteiger partial charge in [-0.2, -0.15) is 0 Å². The molecule has 0 aliphatic carbocycles. The molecule has 0 amide bonds. The average Bonchev–Trinajstić information content (AvgIpc) is 3.29. The van der Waals surface area contributed by atoms with Crippen LogP contribution in [-0.2, 0) is 12.8 Å². The van der Waals surface area contributed by atoms with Crippen LogP contribution in [0, 0.1) is 0 Å². The standard InChI is InChI=1S/C27H20O2/c1-2-17-8-10-24-20(13-17)22-15-23-21-14-19(12-18-6-4-3-5-7-18)9-11-25(21)29-27(23)16-26(22)28-24/h3-11,13-16H,2,12H2,1H3. The van der Waals surface area contributed by atoms with Gasteiger partial charge in [-0.25, -0.2) is 0 Å². The van der Waals surface area contributed by atoms with E-state index in [4.69, 9.17) is 8.83 Å². The van der Waals surface area contributed by atoms with Crippen LogP contribution < -0.4 is 0 Å². The maximum absolute atomic E-state index is 6.15. The molecule has 0 N–H and O–H groups in total. The van der Waals surface area contributed by atoms with Gasteiger partial charge in [0.2, 0.25) is 0 Å². The van der Waals surface area contributed by atoms with Crippen LogP contribution in [0.2, 0.25) is 0 Å². The van der Waals surface area contributed by atoms with Crippen molar-refractivity contribution in [1.29, 1.82) is 0 Å². The highest BCUT2D eigenvalue weighted by molar-refractivity contribution is 6.15. The number of aryl methyl sites for hydroxylation is 1. The topological polar surface area (TPSA) is 26.3 Å². The van der Waals surface area contributed by atoms with Crippen LogP contribution in [0.15, 0.2) is 87.7 Å². The van der Waals surface area contributed by atoms with Gasteiger partial charge in [0.15, 0.2) is 0 Å². The van der Waals surface area contributed by atoms with Gasteiger partial charge in [-0.3, -0.25) is 0 Å². The third kappa shape index (κ3) is 2.64. The summed E-state index contributed by atoms with van der Waals surface area (Å²) in [4.78, 5) is 0. The fourth-order valence-electron chi connectivity index (χ4n) is 4.30. The Hall–Kier alpha value is -3.52. The van der Waals surface area contributed by atoms with Gasteiger partial charge < -0.3 is 8.83 Å². The molecule has 140 valence electrons. The molecular formula is C27H20O2. The van der Waals surface area contributed by atoms with E-state index in [-0.39, 0.29) is 0 Å². The summed E-state index contributed by atoms with van der Waals surface area (Å²) in [6.45, 7) is 2.18. The molecule has 0 saturated heterocycles. The predicted molar refractivity (Wildman–Crippen MR) is 120 cm³/mol. The van der Waals surface area contributed by atoms with Gasteiger partial charge in [0, 0.05) is 27.6 Å². The molecule has 6 aromatic rings. The molecule has 0 spiro atoms. The first-order chi connectivity index (χ1) is 14.3. The number of hydrogen-bond acceptors (Lipinski definition) is 2. The van der Waals surface area contributed by atoms with Gasteiger partial charge in [-0.05, 0) is 59.9 Å². The highest BCUT2D eigenvalue weighted by atomic mass is 16.3. The minimum Gasteiger partial charge on any atom is -0.456 e. The molecule has 2 nitrogen and oxygen atoms in total. The summed E-state index contributed by atoms with van der Waals surface area (Å²) >= 11 is 0. The highest BCUT2D eigenvalue weighted by Crippen LogP contribution is 2.37. The summed E-state index contributed by atoms with van der Waals surface area (Å²) in [6, 6.07) is 27.8. The first-order valence-corrected chi connectivity index (χ1v) is 10.1. The monoisotopic (exact) mass is 376 g/mol. The van der Waals surface area contributed by atoms with E-state index in [1.807, 2.05) is 6.07 Å². The van der Waals surface area contributed by atoms with Crippen molar-refractivity contribution < 1.29 is 8.83 Å². The number of furan rings is 2. The molecule has 0 radical (unpaired) electrons. The molecule has 6 rings (SSSR count). The number of rotatable bonds is 3. The summed E-state index contributed by atoms with van der Waals surface area (Å²) in [7, 11) is 0. The van der Waals surface area contributed by atoms with Crippen LogP contribution in [0.3, 0.4) is 0 Å². The molecule has 0 bridgehead atoms. The minimum absolute atomic E-state index is 0.874. The quantitative estimate of drug-likeness (QED) is 0.317. The van der Waals surface area contributed by atoms with E-state index in [9.17, 15) is 0 Å². The Morgan fingerprint density at radius 3 is 1.76 bits per heavy atom. The Bertz CT molecular complexity index is 1500. The Morgan fingerprint density at radius 2 is 1.10 bits per heavy atom. The summed E-state index contributed by atoms with van der Waals surface area (Å²) < 4.78 is 12.2. The summed E-state index contributed by atoms with van der Waals surface area (Å²) in [5.74, 6) is 0. The molecule has 0 aliphatic rings. The first kappa shape index (κ1) is 16.4. The van der Waals surface area contributed by atoms with Crippen molar-refractivity contribution in [3.63, 3.8) is 0 Å². The molecule has 0 fully saturated rings. The summed E-state index contributed by atoms with van der Waals surface area (Å²) in [5, 5.41) is 4.64. The van der Waals surface area contributed by atoms with Crippen molar-refractivity contribution in [2.24, 2.45) is 0 Å². The molecule has 2 heteroatoms. The smallest absolute Gasteiger partial charge is 0.139 e. The second kappa shape index (κ2) is 6.25. The normalized spacial score (nSPS) is 11.9. The zero-order chi connectivity index (χ0) is 19.4. The lowest BCUT2D eigenvalue weighted by Crippen LogP contribution is -1.86. The maximum atomic E-state index is 6.15. The molecular weight excluding hydrogens is 356 g/mol. The van der Waals surface area contributed by atoms with Gasteiger partial charge in [-0.15, -0.1) is 0 Å². The van der Waals surface area contributed by atoms with Gasteiger partial charge >= 0.3 is 0 Å². The van der Waals surface area contributed by atoms with E-state index in [0.29, 0.717) is 0 Å². The van der Waals surface area contributed by atoms with Gasteiger partial charge in [0.1, 0.15) is 22.3 Å². The van der Waals surface area contributed by atoms with Crippen molar-refractivity contribution in [2.75, 3.05) is 0 Å². The molecule has 4 aromatic carbocycles. The molecule has 29 heavy (non-hydrogen) atoms. The van der Waals surface area contributed by atoms with Crippen molar-refractivity contribution in [3.8, 4) is 0 Å². The first-order valence-electron chi connectivity index (χ1n) is 10.1. The Balaban J connectivity index is 1.57. The molecule has 0 atom stereocenters. The van der Waals surface area contributed by atoms with E-state index in [0.717, 1.165) is 51.3 Å². The number of hydrogen-bond donors (Lipinski definition) is 0. The Labute approximate surface area is 168 Å². The van der Waals surface area contributed by atoms with E-state index in [1.54, 1.807) is 0 Å². The predicted octanol–water partition coefficient (Wildman–Crippen LogP) is 7.64. The summed E-state index contributed by atoms with van der Waals surface area (Å²) in [5.41, 5.74) is 7.53. The van der Waals surface area contributed by atoms with Crippen LogP contribution in [0.5, 0.6) is 0 Å². The van der Waals surface area contributed by atoms with Gasteiger partial charge in [0.25, 0.3) is 0 Å². The molecule has 0 saturated carbocycles. The molecule has 2 aromatic heterocycles. The van der Waals surface area contributed by atoms with Crippen LogP contribution in [-0.4, -0.2) is 0 Å². The third-order valence-electron chi connectivity index (χ3n) is 5.85. The van der Waals surface area contributed by atoms with Crippen LogP contribution in [0.1, 0.15) is 23.6 Å². The second-order valence-electron chi connectivity index (χ2n) is 7.73. The SMILES string of the molecule is CCc1ccc2oc3cc4oc5ccc(Cc6ccccc6)cc5c4cc3c2c1. The summed E-state index contributed by atoms with van der Waals surface area (Å²) in [6.07, 6.45) is 1.93. The third-order valence-corrected chi connectivity index (χ3v) is 5.85. The molecule has 0 aliphatic heterocycles. The fourth-order valence-corrected chi connectivity index (χ4v) is 4.30. The van der Waals surface area contributed by atoms with Crippen molar-refractivity contribution >= 4 is 43.9 Å². The zero-order valence-electron chi connectivity index (χ0n) is 16.2. The lowest BCUT2D eigenvalue weighted by atomic mass is 10.0. The largest absolute Gasteiger partial charge is 0.456 e. The van der Waals surface area contributed by atoms with Gasteiger partial charge in [-0.1, -0.05) is 49.4 Å². The van der Waals surface area contributed by atoms with E-state index >= 15 is 0 Å². The van der Waals surface area contributed by atoms with E-state index < -0.39 is 0 Å². The van der Waals surface area contributed by atoms with Crippen molar-refractivity contribution in [2.45, 2.75) is 19.8 Å².